The Bertz CT molecular complexity index is 628. The molecule has 2 heterocycles. The number of ether oxygens (including phenoxy) is 1. The van der Waals surface area contributed by atoms with Crippen LogP contribution in [0.2, 0.25) is 0 Å². The maximum absolute atomic E-state index is 12.2. The number of likely N-dealkylation sites (tertiary alicyclic amines) is 1. The van der Waals surface area contributed by atoms with E-state index >= 15 is 0 Å². The summed E-state index contributed by atoms with van der Waals surface area (Å²) < 4.78 is 7.00. The summed E-state index contributed by atoms with van der Waals surface area (Å²) in [5, 5.41) is 11.3. The zero-order chi connectivity index (χ0) is 15.4. The predicted molar refractivity (Wildman–Crippen MR) is 79.6 cm³/mol. The number of benzene rings is 1. The van der Waals surface area contributed by atoms with Gasteiger partial charge in [0.15, 0.2) is 6.61 Å². The van der Waals surface area contributed by atoms with Crippen molar-refractivity contribution in [2.75, 3.05) is 19.7 Å². The molecule has 7 heteroatoms. The molecule has 22 heavy (non-hydrogen) atoms. The van der Waals surface area contributed by atoms with Crippen molar-refractivity contribution in [3.8, 4) is 11.7 Å². The van der Waals surface area contributed by atoms with E-state index in [9.17, 15) is 4.79 Å². The lowest BCUT2D eigenvalue weighted by Crippen LogP contribution is -2.41. The Labute approximate surface area is 128 Å². The van der Waals surface area contributed by atoms with Crippen LogP contribution in [0.5, 0.6) is 6.01 Å². The Hall–Kier alpha value is -2.44. The highest BCUT2D eigenvalue weighted by atomic mass is 16.5. The lowest BCUT2D eigenvalue weighted by atomic mass is 10.0. The van der Waals surface area contributed by atoms with Crippen molar-refractivity contribution in [2.24, 2.45) is 5.92 Å². The van der Waals surface area contributed by atoms with Crippen LogP contribution in [0.4, 0.5) is 0 Å². The fourth-order valence-corrected chi connectivity index (χ4v) is 2.63. The molecule has 1 aliphatic rings. The fraction of sp³-hybridized carbons (Fsp3) is 0.467. The molecule has 0 saturated carbocycles. The molecule has 1 aromatic heterocycles. The SMILES string of the molecule is CC1CCCN(C(=O)COc2nnnn2-c2ccccc2)C1. The van der Waals surface area contributed by atoms with E-state index in [0.717, 1.165) is 25.2 Å². The van der Waals surface area contributed by atoms with Crippen LogP contribution >= 0.6 is 0 Å². The molecule has 1 atom stereocenters. The number of tetrazole rings is 1. The second kappa shape index (κ2) is 6.55. The fourth-order valence-electron chi connectivity index (χ4n) is 2.63. The van der Waals surface area contributed by atoms with Gasteiger partial charge in [-0.1, -0.05) is 30.2 Å². The van der Waals surface area contributed by atoms with Crippen molar-refractivity contribution in [1.29, 1.82) is 0 Å². The van der Waals surface area contributed by atoms with E-state index in [4.69, 9.17) is 4.74 Å². The molecule has 1 saturated heterocycles. The van der Waals surface area contributed by atoms with E-state index in [2.05, 4.69) is 22.4 Å². The molecule has 1 fully saturated rings. The Balaban J connectivity index is 1.63. The van der Waals surface area contributed by atoms with E-state index in [-0.39, 0.29) is 18.5 Å². The van der Waals surface area contributed by atoms with Gasteiger partial charge in [0.2, 0.25) is 0 Å². The van der Waals surface area contributed by atoms with E-state index in [1.165, 1.54) is 11.1 Å². The maximum Gasteiger partial charge on any atom is 0.340 e. The van der Waals surface area contributed by atoms with Gasteiger partial charge in [0.25, 0.3) is 5.91 Å². The Morgan fingerprint density at radius 2 is 2.18 bits per heavy atom. The van der Waals surface area contributed by atoms with Gasteiger partial charge in [0.05, 0.1) is 5.69 Å². The van der Waals surface area contributed by atoms with Crippen LogP contribution in [-0.2, 0) is 4.79 Å². The topological polar surface area (TPSA) is 73.1 Å². The van der Waals surface area contributed by atoms with Crippen LogP contribution < -0.4 is 4.74 Å². The number of amides is 1. The third kappa shape index (κ3) is 3.24. The number of nitrogens with zero attached hydrogens (tertiary/aromatic N) is 5. The summed E-state index contributed by atoms with van der Waals surface area (Å²) in [4.78, 5) is 14.1. The average molecular weight is 301 g/mol. The second-order valence-corrected chi connectivity index (χ2v) is 5.58. The average Bonchev–Trinajstić information content (AvgIpc) is 3.02. The number of hydrogen-bond donors (Lipinski definition) is 0. The monoisotopic (exact) mass is 301 g/mol. The van der Waals surface area contributed by atoms with Crippen molar-refractivity contribution in [2.45, 2.75) is 19.8 Å². The first-order valence-electron chi connectivity index (χ1n) is 7.48. The largest absolute Gasteiger partial charge is 0.452 e. The lowest BCUT2D eigenvalue weighted by Gasteiger charge is -2.30. The number of hydrogen-bond acceptors (Lipinski definition) is 5. The molecule has 0 N–H and O–H groups in total. The molecule has 1 aromatic carbocycles. The van der Waals surface area contributed by atoms with Crippen LogP contribution in [0.15, 0.2) is 30.3 Å². The third-order valence-electron chi connectivity index (χ3n) is 3.78. The lowest BCUT2D eigenvalue weighted by molar-refractivity contribution is -0.135. The third-order valence-corrected chi connectivity index (χ3v) is 3.78. The van der Waals surface area contributed by atoms with Gasteiger partial charge in [0, 0.05) is 13.1 Å². The predicted octanol–water partition coefficient (Wildman–Crippen LogP) is 1.30. The highest BCUT2D eigenvalue weighted by Crippen LogP contribution is 2.16. The first kappa shape index (κ1) is 14.5. The Kier molecular flexibility index (Phi) is 4.32. The van der Waals surface area contributed by atoms with Crippen molar-refractivity contribution >= 4 is 5.91 Å². The molecular weight excluding hydrogens is 282 g/mol. The number of carbonyl (C=O) groups excluding carboxylic acids is 1. The number of para-hydroxylation sites is 1. The minimum Gasteiger partial charge on any atom is -0.452 e. The maximum atomic E-state index is 12.2. The summed E-state index contributed by atoms with van der Waals surface area (Å²) in [5.74, 6) is 0.529. The number of piperidine rings is 1. The molecule has 3 rings (SSSR count). The quantitative estimate of drug-likeness (QED) is 0.851. The molecule has 0 bridgehead atoms. The normalized spacial score (nSPS) is 18.2. The summed E-state index contributed by atoms with van der Waals surface area (Å²) in [5.41, 5.74) is 0.793. The molecule has 7 nitrogen and oxygen atoms in total. The van der Waals surface area contributed by atoms with Gasteiger partial charge in [-0.05, 0) is 41.3 Å². The van der Waals surface area contributed by atoms with Crippen LogP contribution in [0.3, 0.4) is 0 Å². The number of carbonyl (C=O) groups is 1. The molecule has 1 unspecified atom stereocenters. The van der Waals surface area contributed by atoms with Gasteiger partial charge in [0.1, 0.15) is 0 Å². The first-order valence-corrected chi connectivity index (χ1v) is 7.48. The molecule has 1 aliphatic heterocycles. The summed E-state index contributed by atoms with van der Waals surface area (Å²) in [7, 11) is 0. The zero-order valence-corrected chi connectivity index (χ0v) is 12.6. The van der Waals surface area contributed by atoms with Crippen LogP contribution in [0, 0.1) is 5.92 Å². The number of rotatable bonds is 4. The molecule has 2 aromatic rings. The van der Waals surface area contributed by atoms with E-state index in [1.807, 2.05) is 35.2 Å². The van der Waals surface area contributed by atoms with Gasteiger partial charge < -0.3 is 9.64 Å². The molecule has 0 spiro atoms. The minimum absolute atomic E-state index is 0.0193. The summed E-state index contributed by atoms with van der Waals surface area (Å²) in [6.07, 6.45) is 2.23. The molecule has 1 amide bonds. The molecule has 116 valence electrons. The van der Waals surface area contributed by atoms with E-state index in [0.29, 0.717) is 5.92 Å². The van der Waals surface area contributed by atoms with Crippen molar-refractivity contribution in [3.05, 3.63) is 30.3 Å². The van der Waals surface area contributed by atoms with Crippen molar-refractivity contribution in [3.63, 3.8) is 0 Å². The highest BCUT2D eigenvalue weighted by molar-refractivity contribution is 5.77. The van der Waals surface area contributed by atoms with E-state index < -0.39 is 0 Å². The van der Waals surface area contributed by atoms with Gasteiger partial charge in [-0.15, -0.1) is 0 Å². The smallest absolute Gasteiger partial charge is 0.340 e. The molecular formula is C15H19N5O2. The van der Waals surface area contributed by atoms with Crippen LogP contribution in [-0.4, -0.2) is 50.7 Å². The highest BCUT2D eigenvalue weighted by Gasteiger charge is 2.22. The summed E-state index contributed by atoms with van der Waals surface area (Å²) in [6, 6.07) is 9.66. The number of aromatic nitrogens is 4. The minimum atomic E-state index is -0.0417. The second-order valence-electron chi connectivity index (χ2n) is 5.58. The molecule has 0 radical (unpaired) electrons. The summed E-state index contributed by atoms with van der Waals surface area (Å²) in [6.45, 7) is 3.72. The first-order chi connectivity index (χ1) is 10.7. The van der Waals surface area contributed by atoms with Gasteiger partial charge in [-0.2, -0.15) is 4.68 Å². The summed E-state index contributed by atoms with van der Waals surface area (Å²) >= 11 is 0. The van der Waals surface area contributed by atoms with Gasteiger partial charge in [-0.3, -0.25) is 4.79 Å². The zero-order valence-electron chi connectivity index (χ0n) is 12.6. The Morgan fingerprint density at radius 1 is 1.36 bits per heavy atom. The Morgan fingerprint density at radius 3 is 2.95 bits per heavy atom. The van der Waals surface area contributed by atoms with Crippen molar-refractivity contribution in [1.82, 2.24) is 25.1 Å². The van der Waals surface area contributed by atoms with Crippen LogP contribution in [0.25, 0.3) is 5.69 Å². The van der Waals surface area contributed by atoms with Gasteiger partial charge >= 0.3 is 6.01 Å². The van der Waals surface area contributed by atoms with E-state index in [1.54, 1.807) is 0 Å². The van der Waals surface area contributed by atoms with Crippen molar-refractivity contribution < 1.29 is 9.53 Å². The van der Waals surface area contributed by atoms with Gasteiger partial charge in [-0.25, -0.2) is 0 Å². The standard InChI is InChI=1S/C15H19N5O2/c1-12-6-5-9-19(10-12)14(21)11-22-15-16-17-18-20(15)13-7-3-2-4-8-13/h2-4,7-8,12H,5-6,9-11H2,1H3. The molecule has 0 aliphatic carbocycles. The van der Waals surface area contributed by atoms with Crippen LogP contribution in [0.1, 0.15) is 19.8 Å².